The van der Waals surface area contributed by atoms with Gasteiger partial charge >= 0.3 is 0 Å². The van der Waals surface area contributed by atoms with Gasteiger partial charge in [0.1, 0.15) is 8.24 Å². The van der Waals surface area contributed by atoms with Crippen molar-refractivity contribution in [3.05, 3.63) is 12.7 Å². The number of carbonyl (C=O) groups excluding carboxylic acids is 1. The monoisotopic (exact) mass is 446 g/mol. The summed E-state index contributed by atoms with van der Waals surface area (Å²) < 4.78 is 6.67. The molecule has 3 unspecified atom stereocenters. The molecular formula is C21H46N2O4Si2. The molecule has 0 aromatic heterocycles. The molecular weight excluding hydrogens is 400 g/mol. The highest BCUT2D eigenvalue weighted by Crippen LogP contribution is 2.30. The van der Waals surface area contributed by atoms with Crippen molar-refractivity contribution in [1.82, 2.24) is 9.88 Å². The molecule has 0 rings (SSSR count). The van der Waals surface area contributed by atoms with Crippen LogP contribution in [0, 0.1) is 0 Å². The highest BCUT2D eigenvalue weighted by molar-refractivity contribution is 6.78. The van der Waals surface area contributed by atoms with E-state index < -0.39 is 22.7 Å². The molecule has 0 spiro atoms. The summed E-state index contributed by atoms with van der Waals surface area (Å²) in [5.41, 5.74) is 0.704. The number of rotatable bonds is 16. The lowest BCUT2D eigenvalue weighted by Crippen LogP contribution is -2.58. The number of hydrogen-bond acceptors (Lipinski definition) is 5. The van der Waals surface area contributed by atoms with Crippen LogP contribution in [0.1, 0.15) is 46.5 Å². The van der Waals surface area contributed by atoms with E-state index in [0.29, 0.717) is 12.1 Å². The van der Waals surface area contributed by atoms with Gasteiger partial charge in [-0.2, -0.15) is 0 Å². The Bertz CT molecular complexity index is 489. The van der Waals surface area contributed by atoms with E-state index in [0.717, 1.165) is 19.4 Å². The van der Waals surface area contributed by atoms with Gasteiger partial charge in [-0.1, -0.05) is 39.9 Å². The second-order valence-corrected chi connectivity index (χ2v) is 18.3. The molecule has 0 fully saturated rings. The van der Waals surface area contributed by atoms with Crippen molar-refractivity contribution in [3.8, 4) is 0 Å². The first-order valence-electron chi connectivity index (χ1n) is 11.0. The standard InChI is InChI=1S/C21H46N2O4Si2/c1-9-11-14-22-28(5,6)19(4)27-29(7,8)18(3)13-12-15-23(21(26)10-2)16-20(25)17-24/h10,18-20,22,24-25H,2,9,11-17H2,1,3-8H3. The third-order valence-electron chi connectivity index (χ3n) is 5.99. The Hall–Kier alpha value is -0.516. The van der Waals surface area contributed by atoms with E-state index >= 15 is 0 Å². The van der Waals surface area contributed by atoms with E-state index in [4.69, 9.17) is 9.53 Å². The van der Waals surface area contributed by atoms with E-state index in [1.165, 1.54) is 18.9 Å². The molecule has 172 valence electrons. The molecule has 0 aliphatic rings. The fourth-order valence-corrected chi connectivity index (χ4v) is 8.36. The number of hydrogen-bond donors (Lipinski definition) is 3. The van der Waals surface area contributed by atoms with Crippen molar-refractivity contribution >= 4 is 22.5 Å². The van der Waals surface area contributed by atoms with Gasteiger partial charge in [0.2, 0.25) is 5.91 Å². The maximum Gasteiger partial charge on any atom is 0.246 e. The predicted molar refractivity (Wildman–Crippen MR) is 127 cm³/mol. The van der Waals surface area contributed by atoms with Crippen LogP contribution in [0.2, 0.25) is 31.7 Å². The first-order valence-corrected chi connectivity index (χ1v) is 17.1. The maximum absolute atomic E-state index is 12.0. The van der Waals surface area contributed by atoms with Crippen molar-refractivity contribution in [2.75, 3.05) is 26.2 Å². The zero-order chi connectivity index (χ0) is 22.7. The van der Waals surface area contributed by atoms with E-state index in [-0.39, 0.29) is 24.8 Å². The number of aliphatic hydroxyl groups is 2. The van der Waals surface area contributed by atoms with Gasteiger partial charge in [-0.05, 0) is 57.4 Å². The number of nitrogens with zero attached hydrogens (tertiary/aromatic N) is 1. The lowest BCUT2D eigenvalue weighted by atomic mass is 10.2. The summed E-state index contributed by atoms with van der Waals surface area (Å²) in [7, 11) is -3.54. The van der Waals surface area contributed by atoms with Crippen molar-refractivity contribution in [2.45, 2.75) is 90.0 Å². The lowest BCUT2D eigenvalue weighted by molar-refractivity contribution is -0.127. The van der Waals surface area contributed by atoms with Gasteiger partial charge in [0.15, 0.2) is 8.32 Å². The van der Waals surface area contributed by atoms with Gasteiger partial charge in [-0.25, -0.2) is 0 Å². The molecule has 0 aliphatic carbocycles. The van der Waals surface area contributed by atoms with Gasteiger partial charge in [-0.15, -0.1) is 0 Å². The van der Waals surface area contributed by atoms with E-state index in [2.05, 4.69) is 58.5 Å². The maximum atomic E-state index is 12.0. The van der Waals surface area contributed by atoms with Crippen LogP contribution in [0.25, 0.3) is 0 Å². The summed E-state index contributed by atoms with van der Waals surface area (Å²) >= 11 is 0. The molecule has 0 heterocycles. The smallest absolute Gasteiger partial charge is 0.246 e. The summed E-state index contributed by atoms with van der Waals surface area (Å²) in [6.45, 7) is 20.8. The zero-order valence-corrected chi connectivity index (χ0v) is 21.8. The highest BCUT2D eigenvalue weighted by Gasteiger charge is 2.37. The van der Waals surface area contributed by atoms with Gasteiger partial charge in [0.05, 0.1) is 12.7 Å². The average molecular weight is 447 g/mol. The minimum absolute atomic E-state index is 0.132. The van der Waals surface area contributed by atoms with E-state index in [9.17, 15) is 9.90 Å². The van der Waals surface area contributed by atoms with Crippen LogP contribution in [-0.4, -0.2) is 75.6 Å². The van der Waals surface area contributed by atoms with Crippen molar-refractivity contribution < 1.29 is 19.4 Å². The van der Waals surface area contributed by atoms with Gasteiger partial charge in [0.25, 0.3) is 0 Å². The third-order valence-corrected chi connectivity index (χ3v) is 13.2. The Labute approximate surface area is 180 Å². The van der Waals surface area contributed by atoms with Gasteiger partial charge in [-0.3, -0.25) is 4.79 Å². The zero-order valence-electron chi connectivity index (χ0n) is 19.8. The molecule has 1 amide bonds. The quantitative estimate of drug-likeness (QED) is 0.193. The van der Waals surface area contributed by atoms with Crippen LogP contribution in [0.5, 0.6) is 0 Å². The number of amides is 1. The molecule has 0 bridgehead atoms. The number of unbranched alkanes of at least 4 members (excludes halogenated alkanes) is 1. The normalized spacial score (nSPS) is 15.6. The van der Waals surface area contributed by atoms with Crippen LogP contribution < -0.4 is 4.98 Å². The molecule has 6 nitrogen and oxygen atoms in total. The van der Waals surface area contributed by atoms with Crippen LogP contribution in [-0.2, 0) is 9.22 Å². The molecule has 0 aromatic rings. The summed E-state index contributed by atoms with van der Waals surface area (Å²) in [4.78, 5) is 17.3. The average Bonchev–Trinajstić information content (AvgIpc) is 2.65. The summed E-state index contributed by atoms with van der Waals surface area (Å²) in [6, 6.07) is 0. The van der Waals surface area contributed by atoms with E-state index in [1.807, 2.05) is 0 Å². The summed E-state index contributed by atoms with van der Waals surface area (Å²) in [5, 5.41) is 18.7. The summed E-state index contributed by atoms with van der Waals surface area (Å²) in [6.07, 6.45) is 4.54. The van der Waals surface area contributed by atoms with Crippen molar-refractivity contribution in [3.63, 3.8) is 0 Å². The molecule has 0 saturated carbocycles. The van der Waals surface area contributed by atoms with Crippen LogP contribution in [0.3, 0.4) is 0 Å². The fourth-order valence-electron chi connectivity index (χ4n) is 3.12. The Morgan fingerprint density at radius 3 is 2.38 bits per heavy atom. The first-order chi connectivity index (χ1) is 13.4. The number of nitrogens with one attached hydrogen (secondary N) is 1. The molecule has 3 atom stereocenters. The Morgan fingerprint density at radius 1 is 1.24 bits per heavy atom. The van der Waals surface area contributed by atoms with E-state index in [1.54, 1.807) is 4.90 Å². The minimum atomic E-state index is -1.89. The van der Waals surface area contributed by atoms with Crippen LogP contribution in [0.15, 0.2) is 12.7 Å². The van der Waals surface area contributed by atoms with Gasteiger partial charge < -0.3 is 24.5 Å². The molecule has 8 heteroatoms. The molecule has 3 N–H and O–H groups in total. The van der Waals surface area contributed by atoms with Crippen molar-refractivity contribution in [2.24, 2.45) is 0 Å². The number of aliphatic hydroxyl groups excluding tert-OH is 2. The third kappa shape index (κ3) is 10.9. The fraction of sp³-hybridized carbons (Fsp3) is 0.857. The second kappa shape index (κ2) is 13.7. The Morgan fingerprint density at radius 2 is 1.86 bits per heavy atom. The predicted octanol–water partition coefficient (Wildman–Crippen LogP) is 3.27. The molecule has 0 saturated heterocycles. The van der Waals surface area contributed by atoms with Crippen molar-refractivity contribution in [1.29, 1.82) is 0 Å². The first kappa shape index (κ1) is 28.5. The van der Waals surface area contributed by atoms with Crippen LogP contribution >= 0.6 is 0 Å². The summed E-state index contributed by atoms with van der Waals surface area (Å²) in [5.74, 6) is -0.211. The SMILES string of the molecule is C=CC(=O)N(CCCC(C)[Si](C)(C)OC(C)[Si](C)(C)NCCCC)CC(O)CO. The lowest BCUT2D eigenvalue weighted by Gasteiger charge is -2.39. The molecule has 29 heavy (non-hydrogen) atoms. The number of carbonyl (C=O) groups is 1. The Balaban J connectivity index is 4.69. The highest BCUT2D eigenvalue weighted by atomic mass is 28.4. The Kier molecular flexibility index (Phi) is 13.5. The molecule has 0 aliphatic heterocycles. The molecule has 0 radical (unpaired) electrons. The van der Waals surface area contributed by atoms with Gasteiger partial charge in [0, 0.05) is 18.8 Å². The second-order valence-electron chi connectivity index (χ2n) is 9.23. The van der Waals surface area contributed by atoms with Crippen LogP contribution in [0.4, 0.5) is 0 Å². The largest absolute Gasteiger partial charge is 0.416 e. The molecule has 0 aromatic carbocycles. The minimum Gasteiger partial charge on any atom is -0.416 e. The topological polar surface area (TPSA) is 82.0 Å².